The summed E-state index contributed by atoms with van der Waals surface area (Å²) in [5.41, 5.74) is 1.01. The fourth-order valence-corrected chi connectivity index (χ4v) is 2.45. The zero-order valence-electron chi connectivity index (χ0n) is 13.1. The molecule has 21 heavy (non-hydrogen) atoms. The second-order valence-electron chi connectivity index (χ2n) is 6.39. The molecule has 0 saturated carbocycles. The minimum Gasteiger partial charge on any atom is -0.444 e. The van der Waals surface area contributed by atoms with Crippen LogP contribution in [0.1, 0.15) is 37.9 Å². The van der Waals surface area contributed by atoms with Crippen LogP contribution in [0.2, 0.25) is 0 Å². The lowest BCUT2D eigenvalue weighted by molar-refractivity contribution is 0.0195. The molecule has 1 aliphatic rings. The number of amides is 1. The van der Waals surface area contributed by atoms with Gasteiger partial charge in [0.15, 0.2) is 0 Å². The molecule has 0 spiro atoms. The second kappa shape index (κ2) is 6.02. The summed E-state index contributed by atoms with van der Waals surface area (Å²) in [6.45, 7) is 9.06. The number of piperazine rings is 1. The summed E-state index contributed by atoms with van der Waals surface area (Å²) in [6, 6.07) is 4.98. The average Bonchev–Trinajstić information content (AvgIpc) is 2.40. The molecule has 1 unspecified atom stereocenters. The number of hydrogen-bond acceptors (Lipinski definition) is 3. The number of nitrogens with zero attached hydrogens (tertiary/aromatic N) is 1. The Bertz CT molecular complexity index is 525. The highest BCUT2D eigenvalue weighted by Gasteiger charge is 2.28. The molecule has 1 amide bonds. The van der Waals surface area contributed by atoms with Crippen LogP contribution >= 0.6 is 0 Å². The van der Waals surface area contributed by atoms with Crippen LogP contribution in [0.25, 0.3) is 0 Å². The van der Waals surface area contributed by atoms with Gasteiger partial charge in [-0.3, -0.25) is 0 Å². The van der Waals surface area contributed by atoms with E-state index in [0.29, 0.717) is 25.2 Å². The molecule has 1 aromatic rings. The van der Waals surface area contributed by atoms with E-state index in [1.807, 2.05) is 26.8 Å². The van der Waals surface area contributed by atoms with Gasteiger partial charge in [-0.05, 0) is 44.9 Å². The number of carbonyl (C=O) groups is 1. The van der Waals surface area contributed by atoms with Crippen LogP contribution in [0, 0.1) is 12.7 Å². The maximum atomic E-state index is 13.7. The van der Waals surface area contributed by atoms with Crippen molar-refractivity contribution in [3.05, 3.63) is 35.1 Å². The Labute approximate surface area is 125 Å². The molecule has 5 heteroatoms. The first-order valence-corrected chi connectivity index (χ1v) is 7.24. The van der Waals surface area contributed by atoms with Gasteiger partial charge < -0.3 is 15.0 Å². The molecule has 0 aromatic heterocycles. The van der Waals surface area contributed by atoms with Crippen molar-refractivity contribution >= 4 is 6.09 Å². The normalized spacial score (nSPS) is 19.5. The summed E-state index contributed by atoms with van der Waals surface area (Å²) in [7, 11) is 0. The van der Waals surface area contributed by atoms with Gasteiger partial charge in [0.25, 0.3) is 0 Å². The lowest BCUT2D eigenvalue weighted by Crippen LogP contribution is -2.49. The number of hydrogen-bond donors (Lipinski definition) is 1. The van der Waals surface area contributed by atoms with Gasteiger partial charge in [-0.2, -0.15) is 0 Å². The third kappa shape index (κ3) is 3.94. The zero-order chi connectivity index (χ0) is 15.6. The third-order valence-electron chi connectivity index (χ3n) is 3.51. The molecule has 2 rings (SSSR count). The van der Waals surface area contributed by atoms with Gasteiger partial charge in [0, 0.05) is 19.6 Å². The lowest BCUT2D eigenvalue weighted by atomic mass is 9.99. The molecule has 0 bridgehead atoms. The SMILES string of the molecule is Cc1c(F)cccc1C1CN(C(=O)OC(C)(C)C)CCN1. The van der Waals surface area contributed by atoms with Crippen LogP contribution in [-0.4, -0.2) is 36.2 Å². The molecule has 1 aliphatic heterocycles. The fraction of sp³-hybridized carbons (Fsp3) is 0.562. The number of rotatable bonds is 1. The van der Waals surface area contributed by atoms with E-state index in [1.165, 1.54) is 6.07 Å². The first-order chi connectivity index (χ1) is 9.78. The summed E-state index contributed by atoms with van der Waals surface area (Å²) in [5.74, 6) is -0.219. The molecule has 0 radical (unpaired) electrons. The van der Waals surface area contributed by atoms with Crippen LogP contribution in [0.4, 0.5) is 9.18 Å². The molecule has 1 aromatic carbocycles. The standard InChI is InChI=1S/C16H23FN2O2/c1-11-12(6-5-7-13(11)17)14-10-19(9-8-18-14)15(20)21-16(2,3)4/h5-7,14,18H,8-10H2,1-4H3. The molecule has 1 heterocycles. The van der Waals surface area contributed by atoms with Gasteiger partial charge in [-0.25, -0.2) is 9.18 Å². The van der Waals surface area contributed by atoms with Crippen molar-refractivity contribution in [3.63, 3.8) is 0 Å². The van der Waals surface area contributed by atoms with E-state index < -0.39 is 5.60 Å². The monoisotopic (exact) mass is 294 g/mol. The van der Waals surface area contributed by atoms with Crippen molar-refractivity contribution in [1.29, 1.82) is 0 Å². The summed E-state index contributed by atoms with van der Waals surface area (Å²) in [4.78, 5) is 13.8. The van der Waals surface area contributed by atoms with E-state index in [0.717, 1.165) is 5.56 Å². The Morgan fingerprint density at radius 2 is 2.14 bits per heavy atom. The quantitative estimate of drug-likeness (QED) is 0.865. The molecule has 1 N–H and O–H groups in total. The van der Waals surface area contributed by atoms with Crippen LogP contribution in [0.3, 0.4) is 0 Å². The van der Waals surface area contributed by atoms with Crippen LogP contribution in [-0.2, 0) is 4.74 Å². The molecular weight excluding hydrogens is 271 g/mol. The highest BCUT2D eigenvalue weighted by atomic mass is 19.1. The average molecular weight is 294 g/mol. The van der Waals surface area contributed by atoms with E-state index in [9.17, 15) is 9.18 Å². The molecule has 1 atom stereocenters. The predicted octanol–water partition coefficient (Wildman–Crippen LogP) is 3.02. The summed E-state index contributed by atoms with van der Waals surface area (Å²) >= 11 is 0. The van der Waals surface area contributed by atoms with Gasteiger partial charge in [0.2, 0.25) is 0 Å². The largest absolute Gasteiger partial charge is 0.444 e. The topological polar surface area (TPSA) is 41.6 Å². The number of ether oxygens (including phenoxy) is 1. The maximum absolute atomic E-state index is 13.7. The number of halogens is 1. The Kier molecular flexibility index (Phi) is 4.52. The highest BCUT2D eigenvalue weighted by molar-refractivity contribution is 5.68. The van der Waals surface area contributed by atoms with Crippen molar-refractivity contribution in [3.8, 4) is 0 Å². The van der Waals surface area contributed by atoms with Gasteiger partial charge in [-0.15, -0.1) is 0 Å². The Balaban J connectivity index is 2.10. The van der Waals surface area contributed by atoms with Crippen LogP contribution < -0.4 is 5.32 Å². The van der Waals surface area contributed by atoms with Crippen molar-refractivity contribution in [2.45, 2.75) is 39.3 Å². The molecule has 116 valence electrons. The van der Waals surface area contributed by atoms with E-state index in [2.05, 4.69) is 5.32 Å². The van der Waals surface area contributed by atoms with E-state index >= 15 is 0 Å². The van der Waals surface area contributed by atoms with Crippen LogP contribution in [0.5, 0.6) is 0 Å². The summed E-state index contributed by atoms with van der Waals surface area (Å²) in [5, 5.41) is 3.34. The predicted molar refractivity (Wildman–Crippen MR) is 79.7 cm³/mol. The summed E-state index contributed by atoms with van der Waals surface area (Å²) < 4.78 is 19.1. The Morgan fingerprint density at radius 3 is 2.81 bits per heavy atom. The molecule has 1 saturated heterocycles. The van der Waals surface area contributed by atoms with Crippen molar-refractivity contribution in [1.82, 2.24) is 10.2 Å². The third-order valence-corrected chi connectivity index (χ3v) is 3.51. The second-order valence-corrected chi connectivity index (χ2v) is 6.39. The number of carbonyl (C=O) groups excluding carboxylic acids is 1. The van der Waals surface area contributed by atoms with Crippen molar-refractivity contribution in [2.75, 3.05) is 19.6 Å². The fourth-order valence-electron chi connectivity index (χ4n) is 2.45. The highest BCUT2D eigenvalue weighted by Crippen LogP contribution is 2.23. The number of nitrogens with one attached hydrogen (secondary N) is 1. The lowest BCUT2D eigenvalue weighted by Gasteiger charge is -2.35. The van der Waals surface area contributed by atoms with E-state index in [1.54, 1.807) is 17.9 Å². The first-order valence-electron chi connectivity index (χ1n) is 7.24. The zero-order valence-corrected chi connectivity index (χ0v) is 13.1. The minimum atomic E-state index is -0.508. The van der Waals surface area contributed by atoms with E-state index in [-0.39, 0.29) is 18.0 Å². The van der Waals surface area contributed by atoms with Gasteiger partial charge in [0.05, 0.1) is 6.04 Å². The van der Waals surface area contributed by atoms with Crippen LogP contribution in [0.15, 0.2) is 18.2 Å². The summed E-state index contributed by atoms with van der Waals surface area (Å²) in [6.07, 6.45) is -0.317. The van der Waals surface area contributed by atoms with Crippen molar-refractivity contribution < 1.29 is 13.9 Å². The Hall–Kier alpha value is -1.62. The van der Waals surface area contributed by atoms with Gasteiger partial charge >= 0.3 is 6.09 Å². The molecule has 0 aliphatic carbocycles. The van der Waals surface area contributed by atoms with Crippen molar-refractivity contribution in [2.24, 2.45) is 0 Å². The van der Waals surface area contributed by atoms with Gasteiger partial charge in [-0.1, -0.05) is 12.1 Å². The number of benzene rings is 1. The van der Waals surface area contributed by atoms with Gasteiger partial charge in [0.1, 0.15) is 11.4 Å². The first kappa shape index (κ1) is 15.8. The molecular formula is C16H23FN2O2. The Morgan fingerprint density at radius 1 is 1.43 bits per heavy atom. The smallest absolute Gasteiger partial charge is 0.410 e. The minimum absolute atomic E-state index is 0.0676. The molecule has 4 nitrogen and oxygen atoms in total. The molecule has 1 fully saturated rings. The van der Waals surface area contributed by atoms with E-state index in [4.69, 9.17) is 4.74 Å². The maximum Gasteiger partial charge on any atom is 0.410 e.